The Bertz CT molecular complexity index is 959. The minimum absolute atomic E-state index is 0.349. The molecular formula is C25H30N2O5. The highest BCUT2D eigenvalue weighted by Gasteiger charge is 2.42. The van der Waals surface area contributed by atoms with Gasteiger partial charge in [0.15, 0.2) is 0 Å². The number of methoxy groups -OCH3 is 2. The molecule has 7 heteroatoms. The van der Waals surface area contributed by atoms with Crippen molar-refractivity contribution in [3.8, 4) is 5.75 Å². The molecule has 0 saturated heterocycles. The summed E-state index contributed by atoms with van der Waals surface area (Å²) >= 11 is 0. The quantitative estimate of drug-likeness (QED) is 0.502. The number of carbonyl (C=O) groups is 2. The molecule has 1 aliphatic heterocycles. The Hall–Kier alpha value is -3.16. The Morgan fingerprint density at radius 2 is 1.44 bits per heavy atom. The van der Waals surface area contributed by atoms with Gasteiger partial charge in [-0.3, -0.25) is 9.59 Å². The first-order valence-electron chi connectivity index (χ1n) is 10.7. The Balaban J connectivity index is 2.09. The molecule has 0 spiro atoms. The number of rotatable bonds is 11. The maximum Gasteiger partial charge on any atom is 0.282 e. The third kappa shape index (κ3) is 5.00. The fraction of sp³-hybridized carbons (Fsp3) is 0.360. The van der Waals surface area contributed by atoms with Crippen molar-refractivity contribution < 1.29 is 23.8 Å². The van der Waals surface area contributed by atoms with Crippen molar-refractivity contribution in [3.63, 3.8) is 0 Å². The lowest BCUT2D eigenvalue weighted by molar-refractivity contribution is -0.120. The highest BCUT2D eigenvalue weighted by molar-refractivity contribution is 6.45. The van der Waals surface area contributed by atoms with Crippen molar-refractivity contribution in [3.05, 3.63) is 65.4 Å². The summed E-state index contributed by atoms with van der Waals surface area (Å²) < 4.78 is 16.0. The molecule has 0 atom stereocenters. The first-order valence-corrected chi connectivity index (χ1v) is 10.7. The number of imide groups is 1. The molecule has 2 amide bonds. The van der Waals surface area contributed by atoms with Crippen molar-refractivity contribution >= 4 is 23.1 Å². The smallest absolute Gasteiger partial charge is 0.282 e. The molecule has 3 rings (SSSR count). The van der Waals surface area contributed by atoms with Gasteiger partial charge in [0.2, 0.25) is 0 Å². The molecule has 7 nitrogen and oxygen atoms in total. The molecule has 0 fully saturated rings. The lowest BCUT2D eigenvalue weighted by atomic mass is 10.0. The van der Waals surface area contributed by atoms with Crippen molar-refractivity contribution in [2.24, 2.45) is 0 Å². The number of aryl methyl sites for hydroxylation is 1. The molecule has 2 aromatic rings. The summed E-state index contributed by atoms with van der Waals surface area (Å²) in [4.78, 5) is 30.3. The van der Waals surface area contributed by atoms with Gasteiger partial charge in [0.05, 0.1) is 31.1 Å². The Morgan fingerprint density at radius 1 is 0.844 bits per heavy atom. The van der Waals surface area contributed by atoms with Crippen molar-refractivity contribution in [2.45, 2.75) is 13.8 Å². The van der Waals surface area contributed by atoms with Crippen LogP contribution in [-0.2, 0) is 19.1 Å². The van der Waals surface area contributed by atoms with Crippen molar-refractivity contribution in [1.29, 1.82) is 0 Å². The normalized spacial score (nSPS) is 13.8. The van der Waals surface area contributed by atoms with Crippen LogP contribution in [0.1, 0.15) is 18.1 Å². The lowest BCUT2D eigenvalue weighted by Gasteiger charge is -2.25. The zero-order valence-corrected chi connectivity index (χ0v) is 19.1. The number of hydrogen-bond acceptors (Lipinski definition) is 6. The second-order valence-electron chi connectivity index (χ2n) is 7.43. The number of carbonyl (C=O) groups excluding carboxylic acids is 2. The van der Waals surface area contributed by atoms with Gasteiger partial charge in [-0.1, -0.05) is 29.8 Å². The summed E-state index contributed by atoms with van der Waals surface area (Å²) in [6.07, 6.45) is 0. The molecule has 0 N–H and O–H groups in total. The largest absolute Gasteiger partial charge is 0.494 e. The van der Waals surface area contributed by atoms with Crippen LogP contribution in [0.25, 0.3) is 5.57 Å². The van der Waals surface area contributed by atoms with Crippen LogP contribution in [-0.4, -0.2) is 63.8 Å². The fourth-order valence-electron chi connectivity index (χ4n) is 3.62. The summed E-state index contributed by atoms with van der Waals surface area (Å²) in [6.45, 7) is 6.16. The van der Waals surface area contributed by atoms with E-state index >= 15 is 0 Å². The van der Waals surface area contributed by atoms with E-state index in [1.807, 2.05) is 55.1 Å². The molecule has 0 unspecified atom stereocenters. The molecular weight excluding hydrogens is 408 g/mol. The molecule has 2 aromatic carbocycles. The van der Waals surface area contributed by atoms with Gasteiger partial charge in [-0.05, 0) is 43.7 Å². The Kier molecular flexibility index (Phi) is 8.03. The summed E-state index contributed by atoms with van der Waals surface area (Å²) in [5.74, 6) is 0.00831. The van der Waals surface area contributed by atoms with Gasteiger partial charge in [-0.25, -0.2) is 4.90 Å². The van der Waals surface area contributed by atoms with Gasteiger partial charge in [-0.15, -0.1) is 0 Å². The molecule has 0 aromatic heterocycles. The Morgan fingerprint density at radius 3 is 1.97 bits per heavy atom. The molecule has 1 heterocycles. The number of ether oxygens (including phenoxy) is 3. The molecule has 170 valence electrons. The summed E-state index contributed by atoms with van der Waals surface area (Å²) in [5.41, 5.74) is 2.98. The standard InChI is InChI=1S/C25H30N2O5/c1-5-32-21-12-8-19(9-13-21)22-23(26(14-16-30-3)15-17-31-4)25(29)27(24(22)28)20-10-6-18(2)7-11-20/h6-13H,5,14-17H2,1-4H3. The predicted octanol–water partition coefficient (Wildman–Crippen LogP) is 3.27. The van der Waals surface area contributed by atoms with Crippen LogP contribution >= 0.6 is 0 Å². The monoisotopic (exact) mass is 438 g/mol. The van der Waals surface area contributed by atoms with E-state index in [-0.39, 0.29) is 11.8 Å². The minimum atomic E-state index is -0.352. The maximum absolute atomic E-state index is 13.6. The third-order valence-electron chi connectivity index (χ3n) is 5.25. The zero-order valence-electron chi connectivity index (χ0n) is 19.1. The number of benzene rings is 2. The van der Waals surface area contributed by atoms with Gasteiger partial charge >= 0.3 is 0 Å². The number of hydrogen-bond donors (Lipinski definition) is 0. The van der Waals surface area contributed by atoms with Crippen LogP contribution in [0.4, 0.5) is 5.69 Å². The first-order chi connectivity index (χ1) is 15.5. The lowest BCUT2D eigenvalue weighted by Crippen LogP contribution is -2.37. The summed E-state index contributed by atoms with van der Waals surface area (Å²) in [5, 5.41) is 0. The number of amides is 2. The van der Waals surface area contributed by atoms with Crippen LogP contribution in [0.2, 0.25) is 0 Å². The molecule has 0 aliphatic carbocycles. The fourth-order valence-corrected chi connectivity index (χ4v) is 3.62. The molecule has 0 bridgehead atoms. The van der Waals surface area contributed by atoms with Gasteiger partial charge in [0.1, 0.15) is 11.4 Å². The van der Waals surface area contributed by atoms with Gasteiger partial charge in [0.25, 0.3) is 11.8 Å². The highest BCUT2D eigenvalue weighted by atomic mass is 16.5. The predicted molar refractivity (Wildman–Crippen MR) is 124 cm³/mol. The summed E-state index contributed by atoms with van der Waals surface area (Å²) in [6, 6.07) is 14.6. The van der Waals surface area contributed by atoms with Crippen molar-refractivity contribution in [1.82, 2.24) is 4.90 Å². The van der Waals surface area contributed by atoms with E-state index in [2.05, 4.69) is 0 Å². The maximum atomic E-state index is 13.6. The first kappa shape index (κ1) is 23.5. The van der Waals surface area contributed by atoms with Gasteiger partial charge in [-0.2, -0.15) is 0 Å². The second kappa shape index (κ2) is 10.9. The van der Waals surface area contributed by atoms with Crippen LogP contribution in [0.3, 0.4) is 0 Å². The van der Waals surface area contributed by atoms with E-state index < -0.39 is 0 Å². The minimum Gasteiger partial charge on any atom is -0.494 e. The van der Waals surface area contributed by atoms with Crippen LogP contribution in [0.5, 0.6) is 5.75 Å². The topological polar surface area (TPSA) is 68.3 Å². The highest BCUT2D eigenvalue weighted by Crippen LogP contribution is 2.35. The second-order valence-corrected chi connectivity index (χ2v) is 7.43. The molecule has 32 heavy (non-hydrogen) atoms. The SMILES string of the molecule is CCOc1ccc(C2=C(N(CCOC)CCOC)C(=O)N(c3ccc(C)cc3)C2=O)cc1. The molecule has 0 saturated carbocycles. The average molecular weight is 439 g/mol. The van der Waals surface area contributed by atoms with Crippen LogP contribution < -0.4 is 9.64 Å². The van der Waals surface area contributed by atoms with E-state index in [0.29, 0.717) is 61.2 Å². The van der Waals surface area contributed by atoms with Crippen molar-refractivity contribution in [2.75, 3.05) is 52.0 Å². The number of nitrogens with zero attached hydrogens (tertiary/aromatic N) is 2. The van der Waals surface area contributed by atoms with Crippen LogP contribution in [0, 0.1) is 6.92 Å². The van der Waals surface area contributed by atoms with E-state index in [9.17, 15) is 9.59 Å². The molecule has 0 radical (unpaired) electrons. The van der Waals surface area contributed by atoms with Gasteiger partial charge in [0, 0.05) is 27.3 Å². The van der Waals surface area contributed by atoms with Crippen LogP contribution in [0.15, 0.2) is 54.2 Å². The van der Waals surface area contributed by atoms with E-state index in [1.54, 1.807) is 26.4 Å². The summed E-state index contributed by atoms with van der Waals surface area (Å²) in [7, 11) is 3.22. The van der Waals surface area contributed by atoms with Gasteiger partial charge < -0.3 is 19.1 Å². The molecule has 1 aliphatic rings. The Labute approximate surface area is 189 Å². The van der Waals surface area contributed by atoms with E-state index in [1.165, 1.54) is 4.90 Å². The zero-order chi connectivity index (χ0) is 23.1. The number of anilines is 1. The van der Waals surface area contributed by atoms with E-state index in [0.717, 1.165) is 5.56 Å². The average Bonchev–Trinajstić information content (AvgIpc) is 3.05. The van der Waals surface area contributed by atoms with E-state index in [4.69, 9.17) is 14.2 Å². The third-order valence-corrected chi connectivity index (χ3v) is 5.25.